The van der Waals surface area contributed by atoms with Crippen LogP contribution in [-0.2, 0) is 21.5 Å². The van der Waals surface area contributed by atoms with E-state index in [1.165, 1.54) is 0 Å². The third-order valence-electron chi connectivity index (χ3n) is 4.46. The van der Waals surface area contributed by atoms with Gasteiger partial charge in [0.2, 0.25) is 5.91 Å². The molecule has 2 aliphatic rings. The average molecular weight is 290 g/mol. The number of nitrogens with zero attached hydrogens (tertiary/aromatic N) is 3. The molecule has 114 valence electrons. The number of fused-ring (bicyclic) bond motifs is 1. The predicted octanol–water partition coefficient (Wildman–Crippen LogP) is 0.919. The maximum atomic E-state index is 12.2. The van der Waals surface area contributed by atoms with E-state index in [1.807, 2.05) is 6.92 Å². The van der Waals surface area contributed by atoms with Crippen LogP contribution >= 0.6 is 0 Å². The fraction of sp³-hybridized carbons (Fsp3) is 0.667. The van der Waals surface area contributed by atoms with Crippen molar-refractivity contribution in [3.8, 4) is 0 Å². The van der Waals surface area contributed by atoms with Crippen LogP contribution in [0.3, 0.4) is 0 Å². The van der Waals surface area contributed by atoms with Crippen LogP contribution in [0.15, 0.2) is 0 Å². The summed E-state index contributed by atoms with van der Waals surface area (Å²) in [6.45, 7) is 6.15. The van der Waals surface area contributed by atoms with Gasteiger partial charge in [0.1, 0.15) is 5.82 Å². The van der Waals surface area contributed by atoms with Crippen molar-refractivity contribution in [2.45, 2.75) is 38.6 Å². The Balaban J connectivity index is 1.99. The maximum absolute atomic E-state index is 12.2. The molecule has 1 aromatic heterocycles. The molecule has 0 saturated carbocycles. The minimum Gasteiger partial charge on any atom is -0.383 e. The molecule has 0 spiro atoms. The Hall–Kier alpha value is -1.53. The molecule has 1 atom stereocenters. The number of aryl methyl sites for hydroxylation is 1. The number of aromatic nitrogens is 2. The molecule has 1 aromatic rings. The minimum atomic E-state index is -0.182. The van der Waals surface area contributed by atoms with Crippen molar-refractivity contribution in [2.75, 3.05) is 31.7 Å². The van der Waals surface area contributed by atoms with Gasteiger partial charge in [-0.1, -0.05) is 0 Å². The third kappa shape index (κ3) is 2.42. The summed E-state index contributed by atoms with van der Waals surface area (Å²) >= 11 is 0. The average Bonchev–Trinajstić information content (AvgIpc) is 3.02. The van der Waals surface area contributed by atoms with Gasteiger partial charge in [-0.2, -0.15) is 0 Å². The number of rotatable bonds is 4. The number of nitrogens with one attached hydrogen (secondary N) is 1. The summed E-state index contributed by atoms with van der Waals surface area (Å²) in [5.41, 5.74) is 1.69. The molecule has 3 heterocycles. The number of hydrogen-bond donors (Lipinski definition) is 1. The van der Waals surface area contributed by atoms with E-state index in [-0.39, 0.29) is 11.4 Å². The van der Waals surface area contributed by atoms with E-state index < -0.39 is 0 Å². The van der Waals surface area contributed by atoms with Crippen molar-refractivity contribution < 1.29 is 9.53 Å². The molecule has 0 bridgehead atoms. The number of carbonyl (C=O) groups is 1. The lowest BCUT2D eigenvalue weighted by Crippen LogP contribution is -2.36. The summed E-state index contributed by atoms with van der Waals surface area (Å²) in [7, 11) is 1.64. The van der Waals surface area contributed by atoms with E-state index in [1.54, 1.807) is 12.0 Å². The van der Waals surface area contributed by atoms with Crippen LogP contribution in [0.2, 0.25) is 0 Å². The third-order valence-corrected chi connectivity index (χ3v) is 4.46. The number of ether oxygens (including phenoxy) is 1. The molecule has 1 fully saturated rings. The molecule has 0 unspecified atom stereocenters. The molecule has 0 radical (unpaired) electrons. The van der Waals surface area contributed by atoms with Gasteiger partial charge in [-0.25, -0.2) is 9.97 Å². The molecule has 0 aromatic carbocycles. The lowest BCUT2D eigenvalue weighted by atomic mass is 9.99. The van der Waals surface area contributed by atoms with Gasteiger partial charge in [-0.15, -0.1) is 0 Å². The molecule has 2 aliphatic heterocycles. The fourth-order valence-electron chi connectivity index (χ4n) is 3.12. The van der Waals surface area contributed by atoms with Crippen molar-refractivity contribution in [1.82, 2.24) is 15.3 Å². The van der Waals surface area contributed by atoms with Gasteiger partial charge in [0.15, 0.2) is 5.82 Å². The number of carbonyl (C=O) groups excluding carboxylic acids is 1. The molecular weight excluding hydrogens is 268 g/mol. The zero-order valence-corrected chi connectivity index (χ0v) is 12.9. The Kier molecular flexibility index (Phi) is 3.67. The van der Waals surface area contributed by atoms with Crippen molar-refractivity contribution in [3.63, 3.8) is 0 Å². The lowest BCUT2D eigenvalue weighted by molar-refractivity contribution is -0.117. The van der Waals surface area contributed by atoms with Crippen LogP contribution in [0.5, 0.6) is 0 Å². The number of methoxy groups -OCH3 is 1. The number of amides is 1. The SMILES string of the molecule is COCCN1C(=O)Cc2c(C)nc([C@]3(C)CCCN3)nc21. The highest BCUT2D eigenvalue weighted by Crippen LogP contribution is 2.33. The molecule has 1 N–H and O–H groups in total. The second kappa shape index (κ2) is 5.35. The first kappa shape index (κ1) is 14.4. The van der Waals surface area contributed by atoms with Gasteiger partial charge >= 0.3 is 0 Å². The van der Waals surface area contributed by atoms with E-state index in [4.69, 9.17) is 9.72 Å². The van der Waals surface area contributed by atoms with E-state index in [0.29, 0.717) is 19.6 Å². The normalized spacial score (nSPS) is 24.7. The van der Waals surface area contributed by atoms with E-state index in [9.17, 15) is 4.79 Å². The summed E-state index contributed by atoms with van der Waals surface area (Å²) in [6, 6.07) is 0. The smallest absolute Gasteiger partial charge is 0.232 e. The van der Waals surface area contributed by atoms with Crippen LogP contribution in [-0.4, -0.2) is 42.7 Å². The van der Waals surface area contributed by atoms with Crippen molar-refractivity contribution in [2.24, 2.45) is 0 Å². The van der Waals surface area contributed by atoms with E-state index >= 15 is 0 Å². The monoisotopic (exact) mass is 290 g/mol. The van der Waals surface area contributed by atoms with Crippen LogP contribution < -0.4 is 10.2 Å². The summed E-state index contributed by atoms with van der Waals surface area (Å²) in [6.07, 6.45) is 2.55. The van der Waals surface area contributed by atoms with Gasteiger partial charge in [-0.3, -0.25) is 9.69 Å². The Morgan fingerprint density at radius 1 is 1.43 bits per heavy atom. The van der Waals surface area contributed by atoms with Gasteiger partial charge in [0, 0.05) is 18.4 Å². The first-order chi connectivity index (χ1) is 10.0. The van der Waals surface area contributed by atoms with E-state index in [0.717, 1.165) is 42.3 Å². The lowest BCUT2D eigenvalue weighted by Gasteiger charge is -2.25. The van der Waals surface area contributed by atoms with Crippen LogP contribution in [0.1, 0.15) is 36.8 Å². The zero-order chi connectivity index (χ0) is 15.0. The first-order valence-corrected chi connectivity index (χ1v) is 7.47. The van der Waals surface area contributed by atoms with Gasteiger partial charge in [0.25, 0.3) is 0 Å². The van der Waals surface area contributed by atoms with Crippen molar-refractivity contribution in [1.29, 1.82) is 0 Å². The quantitative estimate of drug-likeness (QED) is 0.893. The molecule has 21 heavy (non-hydrogen) atoms. The Labute approximate surface area is 124 Å². The van der Waals surface area contributed by atoms with Crippen LogP contribution in [0.25, 0.3) is 0 Å². The number of hydrogen-bond acceptors (Lipinski definition) is 5. The van der Waals surface area contributed by atoms with E-state index in [2.05, 4.69) is 17.2 Å². The Bertz CT molecular complexity index is 567. The summed E-state index contributed by atoms with van der Waals surface area (Å²) in [5.74, 6) is 1.66. The highest BCUT2D eigenvalue weighted by Gasteiger charge is 2.37. The number of anilines is 1. The van der Waals surface area contributed by atoms with Crippen molar-refractivity contribution >= 4 is 11.7 Å². The standard InChI is InChI=1S/C15H22N4O2/c1-10-11-9-12(20)19(7-8-21-3)13(11)18-14(17-10)15(2)5-4-6-16-15/h16H,4-9H2,1-3H3/t15-/m0/s1. The Morgan fingerprint density at radius 2 is 2.24 bits per heavy atom. The second-order valence-electron chi connectivity index (χ2n) is 6.01. The summed E-state index contributed by atoms with van der Waals surface area (Å²) in [4.78, 5) is 23.3. The zero-order valence-electron chi connectivity index (χ0n) is 12.9. The summed E-state index contributed by atoms with van der Waals surface area (Å²) in [5, 5.41) is 3.48. The van der Waals surface area contributed by atoms with Crippen molar-refractivity contribution in [3.05, 3.63) is 17.1 Å². The van der Waals surface area contributed by atoms with Gasteiger partial charge in [-0.05, 0) is 33.2 Å². The largest absolute Gasteiger partial charge is 0.383 e. The minimum absolute atomic E-state index is 0.0844. The first-order valence-electron chi connectivity index (χ1n) is 7.47. The van der Waals surface area contributed by atoms with Gasteiger partial charge in [0.05, 0.1) is 25.1 Å². The van der Waals surface area contributed by atoms with Crippen LogP contribution in [0.4, 0.5) is 5.82 Å². The fourth-order valence-corrected chi connectivity index (χ4v) is 3.12. The molecule has 1 saturated heterocycles. The van der Waals surface area contributed by atoms with Gasteiger partial charge < -0.3 is 10.1 Å². The highest BCUT2D eigenvalue weighted by atomic mass is 16.5. The maximum Gasteiger partial charge on any atom is 0.232 e. The molecular formula is C15H22N4O2. The van der Waals surface area contributed by atoms with Crippen LogP contribution in [0, 0.1) is 6.92 Å². The molecule has 1 amide bonds. The molecule has 6 nitrogen and oxygen atoms in total. The topological polar surface area (TPSA) is 67.3 Å². The highest BCUT2D eigenvalue weighted by molar-refractivity contribution is 6.00. The summed E-state index contributed by atoms with van der Waals surface area (Å²) < 4.78 is 5.10. The second-order valence-corrected chi connectivity index (χ2v) is 6.01. The molecule has 6 heteroatoms. The molecule has 0 aliphatic carbocycles. The Morgan fingerprint density at radius 3 is 2.90 bits per heavy atom. The molecule has 3 rings (SSSR count). The predicted molar refractivity (Wildman–Crippen MR) is 79.3 cm³/mol.